The summed E-state index contributed by atoms with van der Waals surface area (Å²) in [5, 5.41) is 7.28. The van der Waals surface area contributed by atoms with E-state index in [0.717, 1.165) is 26.2 Å². The molecular weight excluding hydrogens is 253 g/mol. The predicted molar refractivity (Wildman–Crippen MR) is 72.4 cm³/mol. The molecule has 1 heterocycles. The highest BCUT2D eigenvalue weighted by Crippen LogP contribution is 2.14. The number of halogens is 2. The summed E-state index contributed by atoms with van der Waals surface area (Å²) < 4.78 is 13.5. The molecule has 0 aliphatic carbocycles. The van der Waals surface area contributed by atoms with E-state index in [1.54, 1.807) is 12.1 Å². The number of piperazine rings is 1. The molecule has 0 spiro atoms. The lowest BCUT2D eigenvalue weighted by Crippen LogP contribution is -2.53. The first-order valence-electron chi connectivity index (χ1n) is 6.22. The van der Waals surface area contributed by atoms with E-state index in [1.807, 2.05) is 0 Å². The van der Waals surface area contributed by atoms with Crippen LogP contribution in [0.3, 0.4) is 0 Å². The molecule has 3 nitrogen and oxygen atoms in total. The Morgan fingerprint density at radius 1 is 1.56 bits per heavy atom. The summed E-state index contributed by atoms with van der Waals surface area (Å²) in [5.41, 5.74) is 0.617. The summed E-state index contributed by atoms with van der Waals surface area (Å²) in [4.78, 5) is 2.29. The van der Waals surface area contributed by atoms with Crippen molar-refractivity contribution in [2.75, 3.05) is 33.2 Å². The van der Waals surface area contributed by atoms with E-state index < -0.39 is 0 Å². The predicted octanol–water partition coefficient (Wildman–Crippen LogP) is 1.47. The topological polar surface area (TPSA) is 27.3 Å². The standard InChI is InChI=1S/C13H19ClFN3/c1-18-5-4-17-12(9-18)8-16-7-10-6-11(14)2-3-13(10)15/h2-3,6,12,16-17H,4-5,7-9H2,1H3. The molecule has 5 heteroatoms. The van der Waals surface area contributed by atoms with Crippen LogP contribution in [0.5, 0.6) is 0 Å². The van der Waals surface area contributed by atoms with Crippen molar-refractivity contribution in [3.05, 3.63) is 34.6 Å². The summed E-state index contributed by atoms with van der Waals surface area (Å²) >= 11 is 5.85. The molecule has 0 amide bonds. The van der Waals surface area contributed by atoms with Gasteiger partial charge in [0, 0.05) is 49.4 Å². The van der Waals surface area contributed by atoms with E-state index in [-0.39, 0.29) is 5.82 Å². The summed E-state index contributed by atoms with van der Waals surface area (Å²) in [6.45, 7) is 4.45. The minimum atomic E-state index is -0.208. The Labute approximate surface area is 112 Å². The molecular formula is C13H19ClFN3. The summed E-state index contributed by atoms with van der Waals surface area (Å²) in [5.74, 6) is -0.208. The van der Waals surface area contributed by atoms with E-state index in [9.17, 15) is 4.39 Å². The molecule has 100 valence electrons. The first-order chi connectivity index (χ1) is 8.65. The van der Waals surface area contributed by atoms with Crippen LogP contribution in [0.15, 0.2) is 18.2 Å². The molecule has 2 rings (SSSR count). The molecule has 0 saturated carbocycles. The second-order valence-electron chi connectivity index (χ2n) is 4.78. The normalized spacial score (nSPS) is 21.2. The van der Waals surface area contributed by atoms with Gasteiger partial charge in [-0.1, -0.05) is 11.6 Å². The van der Waals surface area contributed by atoms with E-state index in [1.165, 1.54) is 6.07 Å². The second kappa shape index (κ2) is 6.48. The second-order valence-corrected chi connectivity index (χ2v) is 5.22. The zero-order chi connectivity index (χ0) is 13.0. The highest BCUT2D eigenvalue weighted by Gasteiger charge is 2.15. The molecule has 1 fully saturated rings. The number of benzene rings is 1. The summed E-state index contributed by atoms with van der Waals surface area (Å²) in [6.07, 6.45) is 0. The maximum absolute atomic E-state index is 13.5. The average Bonchev–Trinajstić information content (AvgIpc) is 2.34. The fourth-order valence-electron chi connectivity index (χ4n) is 2.19. The lowest BCUT2D eigenvalue weighted by atomic mass is 10.2. The Bertz CT molecular complexity index is 400. The van der Waals surface area contributed by atoms with Gasteiger partial charge in [0.15, 0.2) is 0 Å². The molecule has 1 aromatic carbocycles. The van der Waals surface area contributed by atoms with Gasteiger partial charge < -0.3 is 15.5 Å². The quantitative estimate of drug-likeness (QED) is 0.869. The number of nitrogens with zero attached hydrogens (tertiary/aromatic N) is 1. The van der Waals surface area contributed by atoms with E-state index in [4.69, 9.17) is 11.6 Å². The van der Waals surface area contributed by atoms with Gasteiger partial charge in [-0.05, 0) is 25.2 Å². The van der Waals surface area contributed by atoms with E-state index in [0.29, 0.717) is 23.2 Å². The monoisotopic (exact) mass is 271 g/mol. The van der Waals surface area contributed by atoms with Crippen molar-refractivity contribution < 1.29 is 4.39 Å². The molecule has 0 bridgehead atoms. The minimum absolute atomic E-state index is 0.208. The van der Waals surface area contributed by atoms with Gasteiger partial charge in [0.1, 0.15) is 5.82 Å². The fourth-order valence-corrected chi connectivity index (χ4v) is 2.38. The number of hydrogen-bond donors (Lipinski definition) is 2. The van der Waals surface area contributed by atoms with Crippen molar-refractivity contribution >= 4 is 11.6 Å². The van der Waals surface area contributed by atoms with E-state index in [2.05, 4.69) is 22.6 Å². The van der Waals surface area contributed by atoms with Crippen LogP contribution in [0.1, 0.15) is 5.56 Å². The van der Waals surface area contributed by atoms with Gasteiger partial charge in [0.2, 0.25) is 0 Å². The van der Waals surface area contributed by atoms with Gasteiger partial charge in [0.05, 0.1) is 0 Å². The van der Waals surface area contributed by atoms with Gasteiger partial charge in [-0.2, -0.15) is 0 Å². The van der Waals surface area contributed by atoms with Crippen molar-refractivity contribution in [3.8, 4) is 0 Å². The Balaban J connectivity index is 1.79. The van der Waals surface area contributed by atoms with Gasteiger partial charge >= 0.3 is 0 Å². The van der Waals surface area contributed by atoms with E-state index >= 15 is 0 Å². The third kappa shape index (κ3) is 3.92. The third-order valence-corrected chi connectivity index (χ3v) is 3.41. The van der Waals surface area contributed by atoms with Crippen molar-refractivity contribution in [2.45, 2.75) is 12.6 Å². The third-order valence-electron chi connectivity index (χ3n) is 3.17. The molecule has 1 aliphatic heterocycles. The van der Waals surface area contributed by atoms with Crippen LogP contribution in [0.25, 0.3) is 0 Å². The minimum Gasteiger partial charge on any atom is -0.311 e. The average molecular weight is 272 g/mol. The largest absolute Gasteiger partial charge is 0.311 e. The first-order valence-corrected chi connectivity index (χ1v) is 6.59. The van der Waals surface area contributed by atoms with Crippen LogP contribution in [0.2, 0.25) is 5.02 Å². The summed E-state index contributed by atoms with van der Waals surface area (Å²) in [7, 11) is 2.12. The molecule has 1 aliphatic rings. The maximum atomic E-state index is 13.5. The van der Waals surface area contributed by atoms with Crippen LogP contribution < -0.4 is 10.6 Å². The van der Waals surface area contributed by atoms with Crippen LogP contribution in [-0.4, -0.2) is 44.2 Å². The molecule has 1 aromatic rings. The van der Waals surface area contributed by atoms with Gasteiger partial charge in [-0.25, -0.2) is 4.39 Å². The number of hydrogen-bond acceptors (Lipinski definition) is 3. The molecule has 1 saturated heterocycles. The zero-order valence-corrected chi connectivity index (χ0v) is 11.3. The molecule has 0 aromatic heterocycles. The van der Waals surface area contributed by atoms with Crippen molar-refractivity contribution in [3.63, 3.8) is 0 Å². The molecule has 2 N–H and O–H groups in total. The number of nitrogens with one attached hydrogen (secondary N) is 2. The Kier molecular flexibility index (Phi) is 4.95. The van der Waals surface area contributed by atoms with Crippen LogP contribution in [-0.2, 0) is 6.54 Å². The van der Waals surface area contributed by atoms with Gasteiger partial charge in [0.25, 0.3) is 0 Å². The van der Waals surface area contributed by atoms with Gasteiger partial charge in [-0.15, -0.1) is 0 Å². The Hall–Kier alpha value is -0.680. The lowest BCUT2D eigenvalue weighted by Gasteiger charge is -2.31. The van der Waals surface area contributed by atoms with Crippen molar-refractivity contribution in [1.82, 2.24) is 15.5 Å². The molecule has 1 atom stereocenters. The highest BCUT2D eigenvalue weighted by atomic mass is 35.5. The fraction of sp³-hybridized carbons (Fsp3) is 0.538. The van der Waals surface area contributed by atoms with Crippen LogP contribution in [0.4, 0.5) is 4.39 Å². The SMILES string of the molecule is CN1CCNC(CNCc2cc(Cl)ccc2F)C1. The lowest BCUT2D eigenvalue weighted by molar-refractivity contribution is 0.235. The highest BCUT2D eigenvalue weighted by molar-refractivity contribution is 6.30. The van der Waals surface area contributed by atoms with Crippen molar-refractivity contribution in [2.24, 2.45) is 0 Å². The first kappa shape index (κ1) is 13.7. The van der Waals surface area contributed by atoms with Crippen LogP contribution in [0, 0.1) is 5.82 Å². The molecule has 0 radical (unpaired) electrons. The maximum Gasteiger partial charge on any atom is 0.127 e. The number of rotatable bonds is 4. The van der Waals surface area contributed by atoms with Crippen LogP contribution >= 0.6 is 11.6 Å². The number of likely N-dealkylation sites (N-methyl/N-ethyl adjacent to an activating group) is 1. The Morgan fingerprint density at radius 2 is 2.39 bits per heavy atom. The molecule has 18 heavy (non-hydrogen) atoms. The van der Waals surface area contributed by atoms with Gasteiger partial charge in [-0.3, -0.25) is 0 Å². The zero-order valence-electron chi connectivity index (χ0n) is 10.5. The summed E-state index contributed by atoms with van der Waals surface area (Å²) in [6, 6.07) is 5.07. The molecule has 1 unspecified atom stereocenters. The smallest absolute Gasteiger partial charge is 0.127 e. The van der Waals surface area contributed by atoms with Crippen molar-refractivity contribution in [1.29, 1.82) is 0 Å². The Morgan fingerprint density at radius 3 is 3.17 bits per heavy atom.